The fourth-order valence-corrected chi connectivity index (χ4v) is 5.00. The van der Waals surface area contributed by atoms with Crippen LogP contribution in [0.25, 0.3) is 0 Å². The normalized spacial score (nSPS) is 13.9. The maximum Gasteiger partial charge on any atom is 0.422 e. The lowest BCUT2D eigenvalue weighted by Crippen LogP contribution is -2.60. The molecule has 0 unspecified atom stereocenters. The highest BCUT2D eigenvalue weighted by Crippen LogP contribution is 2.25. The largest absolute Gasteiger partial charge is 0.422 e. The molecule has 0 fully saturated rings. The monoisotopic (exact) mass is 289 g/mol. The summed E-state index contributed by atoms with van der Waals surface area (Å²) in [5, 5.41) is 0. The molecule has 0 radical (unpaired) electrons. The number of hydrogen-bond donors (Lipinski definition) is 1. The standard InChI is InChI=1S/C15H35NO2Si/c1-9-12-13-16-19(8,17-14(4,5)10-2)18-15(6,7)11-3/h16H,9-13H2,1-8H3. The number of unbranched alkanes of at least 4 members (excludes halogenated alkanes) is 1. The van der Waals surface area contributed by atoms with Crippen molar-refractivity contribution >= 4 is 8.72 Å². The van der Waals surface area contributed by atoms with Crippen molar-refractivity contribution in [1.29, 1.82) is 0 Å². The van der Waals surface area contributed by atoms with Gasteiger partial charge in [0.2, 0.25) is 0 Å². The second-order valence-corrected chi connectivity index (χ2v) is 9.31. The predicted octanol–water partition coefficient (Wildman–Crippen LogP) is 4.36. The summed E-state index contributed by atoms with van der Waals surface area (Å²) >= 11 is 0. The van der Waals surface area contributed by atoms with Gasteiger partial charge in [-0.2, -0.15) is 0 Å². The Morgan fingerprint density at radius 3 is 1.63 bits per heavy atom. The quantitative estimate of drug-likeness (QED) is 0.479. The average molecular weight is 290 g/mol. The molecule has 3 nitrogen and oxygen atoms in total. The second-order valence-electron chi connectivity index (χ2n) is 6.66. The number of nitrogens with one attached hydrogen (secondary N) is 1. The highest BCUT2D eigenvalue weighted by molar-refractivity contribution is 6.63. The molecule has 4 heteroatoms. The van der Waals surface area contributed by atoms with Crippen LogP contribution < -0.4 is 4.98 Å². The van der Waals surface area contributed by atoms with Crippen LogP contribution in [0.1, 0.15) is 74.1 Å². The van der Waals surface area contributed by atoms with E-state index in [0.717, 1.165) is 25.8 Å². The van der Waals surface area contributed by atoms with Crippen LogP contribution in [0.5, 0.6) is 0 Å². The first-order valence-corrected chi connectivity index (χ1v) is 10.1. The Bertz CT molecular complexity index is 237. The summed E-state index contributed by atoms with van der Waals surface area (Å²) in [5.41, 5.74) is -0.270. The predicted molar refractivity (Wildman–Crippen MR) is 85.4 cm³/mol. The Labute approximate surface area is 121 Å². The molecule has 0 aliphatic carbocycles. The lowest BCUT2D eigenvalue weighted by Gasteiger charge is -2.41. The van der Waals surface area contributed by atoms with Crippen molar-refractivity contribution in [2.24, 2.45) is 0 Å². The molecule has 0 saturated heterocycles. The van der Waals surface area contributed by atoms with Crippen LogP contribution in [-0.2, 0) is 8.85 Å². The van der Waals surface area contributed by atoms with E-state index in [1.165, 1.54) is 6.42 Å². The van der Waals surface area contributed by atoms with Crippen molar-refractivity contribution in [2.75, 3.05) is 6.54 Å². The van der Waals surface area contributed by atoms with Crippen molar-refractivity contribution < 1.29 is 8.85 Å². The van der Waals surface area contributed by atoms with Gasteiger partial charge in [0.05, 0.1) is 11.2 Å². The molecule has 0 heterocycles. The minimum Gasteiger partial charge on any atom is -0.378 e. The van der Waals surface area contributed by atoms with Crippen molar-refractivity contribution in [2.45, 2.75) is 91.9 Å². The molecular formula is C15H35NO2Si. The van der Waals surface area contributed by atoms with Crippen molar-refractivity contribution in [3.05, 3.63) is 0 Å². The highest BCUT2D eigenvalue weighted by atomic mass is 28.4. The first kappa shape index (κ1) is 19.1. The van der Waals surface area contributed by atoms with Gasteiger partial charge in [0, 0.05) is 0 Å². The summed E-state index contributed by atoms with van der Waals surface area (Å²) in [6.07, 6.45) is 4.32. The summed E-state index contributed by atoms with van der Waals surface area (Å²) < 4.78 is 12.7. The molecule has 1 N–H and O–H groups in total. The molecule has 0 aromatic carbocycles. The molecule has 0 aromatic rings. The van der Waals surface area contributed by atoms with E-state index < -0.39 is 8.72 Å². The van der Waals surface area contributed by atoms with E-state index in [1.54, 1.807) is 0 Å². The Kier molecular flexibility index (Phi) is 7.81. The van der Waals surface area contributed by atoms with Gasteiger partial charge in [0.1, 0.15) is 0 Å². The van der Waals surface area contributed by atoms with E-state index in [1.807, 2.05) is 0 Å². The maximum atomic E-state index is 6.36. The van der Waals surface area contributed by atoms with Crippen molar-refractivity contribution in [3.8, 4) is 0 Å². The van der Waals surface area contributed by atoms with Gasteiger partial charge in [-0.15, -0.1) is 0 Å². The third-order valence-electron chi connectivity index (χ3n) is 3.62. The van der Waals surface area contributed by atoms with Crippen molar-refractivity contribution in [3.63, 3.8) is 0 Å². The Hall–Kier alpha value is 0.0969. The Balaban J connectivity index is 4.80. The van der Waals surface area contributed by atoms with Crippen LogP contribution in [0.15, 0.2) is 0 Å². The Morgan fingerprint density at radius 1 is 0.895 bits per heavy atom. The molecule has 0 rings (SSSR count). The maximum absolute atomic E-state index is 6.36. The summed E-state index contributed by atoms with van der Waals surface area (Å²) in [5.74, 6) is 0. The molecule has 0 saturated carbocycles. The number of rotatable bonds is 10. The molecule has 0 aliphatic heterocycles. The van der Waals surface area contributed by atoms with Gasteiger partial charge in [-0.3, -0.25) is 4.98 Å². The van der Waals surface area contributed by atoms with Crippen LogP contribution in [0.2, 0.25) is 6.55 Å². The number of hydrogen-bond acceptors (Lipinski definition) is 3. The van der Waals surface area contributed by atoms with Crippen LogP contribution in [0.3, 0.4) is 0 Å². The van der Waals surface area contributed by atoms with Gasteiger partial charge in [-0.25, -0.2) is 0 Å². The second kappa shape index (κ2) is 7.77. The van der Waals surface area contributed by atoms with E-state index in [9.17, 15) is 0 Å². The third kappa shape index (κ3) is 8.08. The first-order chi connectivity index (χ1) is 8.60. The van der Waals surface area contributed by atoms with Crippen LogP contribution >= 0.6 is 0 Å². The zero-order chi connectivity index (χ0) is 15.2. The summed E-state index contributed by atoms with van der Waals surface area (Å²) in [7, 11) is -2.35. The summed E-state index contributed by atoms with van der Waals surface area (Å²) in [6.45, 7) is 18.2. The lowest BCUT2D eigenvalue weighted by atomic mass is 10.1. The fourth-order valence-electron chi connectivity index (χ4n) is 1.78. The lowest BCUT2D eigenvalue weighted by molar-refractivity contribution is -0.00747. The average Bonchev–Trinajstić information content (AvgIpc) is 2.28. The van der Waals surface area contributed by atoms with E-state index in [0.29, 0.717) is 0 Å². The molecule has 0 aromatic heterocycles. The summed E-state index contributed by atoms with van der Waals surface area (Å²) in [4.78, 5) is 3.57. The molecule has 19 heavy (non-hydrogen) atoms. The molecule has 0 aliphatic rings. The molecule has 0 atom stereocenters. The van der Waals surface area contributed by atoms with Crippen LogP contribution in [0.4, 0.5) is 0 Å². The minimum absolute atomic E-state index is 0.135. The van der Waals surface area contributed by atoms with E-state index in [4.69, 9.17) is 8.85 Å². The first-order valence-electron chi connectivity index (χ1n) is 7.75. The SMILES string of the molecule is CCCCN[Si](C)(OC(C)(C)CC)OC(C)(C)CC. The van der Waals surface area contributed by atoms with Crippen LogP contribution in [-0.4, -0.2) is 26.5 Å². The molecule has 0 amide bonds. The van der Waals surface area contributed by atoms with Gasteiger partial charge in [-0.05, 0) is 60.0 Å². The summed E-state index contributed by atoms with van der Waals surface area (Å²) in [6, 6.07) is 0. The fraction of sp³-hybridized carbons (Fsp3) is 1.00. The van der Waals surface area contributed by atoms with E-state index in [2.05, 4.69) is 60.0 Å². The van der Waals surface area contributed by atoms with Gasteiger partial charge >= 0.3 is 8.72 Å². The zero-order valence-electron chi connectivity index (χ0n) is 14.4. The molecular weight excluding hydrogens is 254 g/mol. The zero-order valence-corrected chi connectivity index (χ0v) is 15.4. The van der Waals surface area contributed by atoms with Gasteiger partial charge in [0.15, 0.2) is 0 Å². The highest BCUT2D eigenvalue weighted by Gasteiger charge is 2.41. The molecule has 116 valence electrons. The smallest absolute Gasteiger partial charge is 0.378 e. The van der Waals surface area contributed by atoms with Crippen LogP contribution in [0, 0.1) is 0 Å². The van der Waals surface area contributed by atoms with E-state index in [-0.39, 0.29) is 11.2 Å². The van der Waals surface area contributed by atoms with Gasteiger partial charge in [-0.1, -0.05) is 27.2 Å². The Morgan fingerprint density at radius 2 is 1.32 bits per heavy atom. The van der Waals surface area contributed by atoms with E-state index >= 15 is 0 Å². The third-order valence-corrected chi connectivity index (χ3v) is 6.40. The topological polar surface area (TPSA) is 30.5 Å². The molecule has 0 bridgehead atoms. The minimum atomic E-state index is -2.35. The van der Waals surface area contributed by atoms with Gasteiger partial charge < -0.3 is 8.85 Å². The van der Waals surface area contributed by atoms with Crippen molar-refractivity contribution in [1.82, 2.24) is 4.98 Å². The van der Waals surface area contributed by atoms with Gasteiger partial charge in [0.25, 0.3) is 0 Å². The molecule has 0 spiro atoms.